The Bertz CT molecular complexity index is 844. The van der Waals surface area contributed by atoms with Crippen LogP contribution in [0.2, 0.25) is 0 Å². The molecular formula is C17H17FN4O3. The van der Waals surface area contributed by atoms with Crippen LogP contribution in [0.4, 0.5) is 10.2 Å². The first kappa shape index (κ1) is 16.8. The van der Waals surface area contributed by atoms with Crippen LogP contribution in [0.5, 0.6) is 0 Å². The molecule has 0 amide bonds. The molecule has 0 saturated carbocycles. The third-order valence-corrected chi connectivity index (χ3v) is 3.96. The molecule has 1 aliphatic heterocycles. The van der Waals surface area contributed by atoms with Crippen LogP contribution in [0.3, 0.4) is 0 Å². The summed E-state index contributed by atoms with van der Waals surface area (Å²) in [5, 5.41) is 2.95. The highest BCUT2D eigenvalue weighted by Crippen LogP contribution is 2.20. The van der Waals surface area contributed by atoms with E-state index in [9.17, 15) is 14.0 Å². The van der Waals surface area contributed by atoms with Gasteiger partial charge in [0, 0.05) is 6.54 Å². The number of hydrogen-bond acceptors (Lipinski definition) is 6. The number of carbonyl (C=O) groups is 2. The molecule has 0 aliphatic carbocycles. The highest BCUT2D eigenvalue weighted by atomic mass is 19.1. The van der Waals surface area contributed by atoms with Gasteiger partial charge in [-0.2, -0.15) is 0 Å². The first-order valence-corrected chi connectivity index (χ1v) is 7.80. The second-order valence-corrected chi connectivity index (χ2v) is 5.54. The summed E-state index contributed by atoms with van der Waals surface area (Å²) in [5.41, 5.74) is 0.914. The normalized spacial score (nSPS) is 13.1. The van der Waals surface area contributed by atoms with E-state index in [1.54, 1.807) is 18.5 Å². The number of fused-ring (bicyclic) bond motifs is 1. The maximum atomic E-state index is 13.9. The van der Waals surface area contributed by atoms with Crippen LogP contribution >= 0.6 is 0 Å². The van der Waals surface area contributed by atoms with Gasteiger partial charge in [0.2, 0.25) is 5.78 Å². The molecule has 130 valence electrons. The van der Waals surface area contributed by atoms with Gasteiger partial charge < -0.3 is 14.6 Å². The van der Waals surface area contributed by atoms with Crippen LogP contribution in [0.1, 0.15) is 32.8 Å². The van der Waals surface area contributed by atoms with Crippen molar-refractivity contribution in [1.82, 2.24) is 9.55 Å². The van der Waals surface area contributed by atoms with E-state index < -0.39 is 11.8 Å². The molecule has 1 aromatic heterocycles. The number of anilines is 1. The number of carbonyl (C=O) groups excluding carboxylic acids is 2. The fourth-order valence-electron chi connectivity index (χ4n) is 2.77. The van der Waals surface area contributed by atoms with E-state index >= 15 is 0 Å². The Morgan fingerprint density at radius 3 is 3.08 bits per heavy atom. The van der Waals surface area contributed by atoms with Crippen molar-refractivity contribution in [2.45, 2.75) is 19.4 Å². The van der Waals surface area contributed by atoms with E-state index in [1.165, 1.54) is 19.5 Å². The lowest BCUT2D eigenvalue weighted by Crippen LogP contribution is -2.10. The number of methoxy groups -OCH3 is 1. The monoisotopic (exact) mass is 344 g/mol. The largest absolute Gasteiger partial charge is 0.465 e. The van der Waals surface area contributed by atoms with Crippen molar-refractivity contribution < 1.29 is 18.7 Å². The number of nitrogens with one attached hydrogen (secondary N) is 1. The lowest BCUT2D eigenvalue weighted by Gasteiger charge is -2.10. The van der Waals surface area contributed by atoms with Crippen LogP contribution in [-0.2, 0) is 17.7 Å². The summed E-state index contributed by atoms with van der Waals surface area (Å²) < 4.78 is 20.4. The minimum atomic E-state index is -0.687. The van der Waals surface area contributed by atoms with E-state index in [4.69, 9.17) is 0 Å². The molecular weight excluding hydrogens is 327 g/mol. The molecule has 1 N–H and O–H groups in total. The van der Waals surface area contributed by atoms with Crippen LogP contribution in [0.15, 0.2) is 29.5 Å². The van der Waals surface area contributed by atoms with Crippen LogP contribution < -0.4 is 5.32 Å². The summed E-state index contributed by atoms with van der Waals surface area (Å²) in [4.78, 5) is 31.7. The molecule has 1 aliphatic rings. The van der Waals surface area contributed by atoms with Crippen LogP contribution in [0, 0.1) is 5.82 Å². The maximum Gasteiger partial charge on any atom is 0.341 e. The molecule has 0 saturated heterocycles. The third kappa shape index (κ3) is 3.42. The first-order valence-electron chi connectivity index (χ1n) is 7.80. The number of halogens is 1. The number of hydrogen-bond donors (Lipinski definition) is 1. The van der Waals surface area contributed by atoms with E-state index in [2.05, 4.69) is 20.0 Å². The fourth-order valence-corrected chi connectivity index (χ4v) is 2.77. The molecule has 7 nitrogen and oxygen atoms in total. The van der Waals surface area contributed by atoms with Gasteiger partial charge >= 0.3 is 5.97 Å². The fraction of sp³-hybridized carbons (Fsp3) is 0.294. The van der Waals surface area contributed by atoms with Crippen molar-refractivity contribution in [3.8, 4) is 0 Å². The van der Waals surface area contributed by atoms with E-state index in [1.807, 2.05) is 4.57 Å². The Labute approximate surface area is 143 Å². The first-order chi connectivity index (χ1) is 12.1. The van der Waals surface area contributed by atoms with E-state index in [-0.39, 0.29) is 17.9 Å². The molecule has 2 aromatic rings. The molecule has 3 rings (SSSR count). The second-order valence-electron chi connectivity index (χ2n) is 5.54. The maximum absolute atomic E-state index is 13.9. The molecule has 0 spiro atoms. The number of ketones is 1. The molecule has 8 heteroatoms. The van der Waals surface area contributed by atoms with Crippen LogP contribution in [-0.4, -0.2) is 41.3 Å². The highest BCUT2D eigenvalue weighted by Gasteiger charge is 2.20. The Morgan fingerprint density at radius 1 is 1.44 bits per heavy atom. The van der Waals surface area contributed by atoms with Gasteiger partial charge in [-0.3, -0.25) is 9.79 Å². The SMILES string of the molecule is COC(=O)c1c(F)cccc1CCCn1cnc2c1NC=NCC2=O. The Morgan fingerprint density at radius 2 is 2.28 bits per heavy atom. The molecule has 0 atom stereocenters. The third-order valence-electron chi connectivity index (χ3n) is 3.96. The quantitative estimate of drug-likeness (QED) is 0.840. The number of ether oxygens (including phenoxy) is 1. The van der Waals surface area contributed by atoms with Gasteiger partial charge in [-0.05, 0) is 24.5 Å². The number of imidazole rings is 1. The number of aliphatic imine (C=N–C) groups is 1. The zero-order valence-electron chi connectivity index (χ0n) is 13.7. The zero-order chi connectivity index (χ0) is 17.8. The van der Waals surface area contributed by atoms with Gasteiger partial charge in [0.05, 0.1) is 25.3 Å². The summed E-state index contributed by atoms with van der Waals surface area (Å²) in [6.07, 6.45) is 4.17. The summed E-state index contributed by atoms with van der Waals surface area (Å²) >= 11 is 0. The predicted molar refractivity (Wildman–Crippen MR) is 89.6 cm³/mol. The highest BCUT2D eigenvalue weighted by molar-refractivity contribution is 6.04. The summed E-state index contributed by atoms with van der Waals surface area (Å²) in [5.74, 6) is -0.829. The number of aromatic nitrogens is 2. The van der Waals surface area contributed by atoms with E-state index in [0.29, 0.717) is 36.5 Å². The van der Waals surface area contributed by atoms with Crippen molar-refractivity contribution >= 4 is 23.9 Å². The molecule has 0 fully saturated rings. The molecule has 0 unspecified atom stereocenters. The minimum absolute atomic E-state index is 0.0325. The van der Waals surface area contributed by atoms with Gasteiger partial charge in [-0.1, -0.05) is 12.1 Å². The lowest BCUT2D eigenvalue weighted by molar-refractivity contribution is 0.0594. The molecule has 2 heterocycles. The summed E-state index contributed by atoms with van der Waals surface area (Å²) in [6, 6.07) is 4.51. The van der Waals surface area contributed by atoms with E-state index in [0.717, 1.165) is 0 Å². The lowest BCUT2D eigenvalue weighted by atomic mass is 10.0. The summed E-state index contributed by atoms with van der Waals surface area (Å²) in [7, 11) is 1.23. The zero-order valence-corrected chi connectivity index (χ0v) is 13.7. The number of aryl methyl sites for hydroxylation is 2. The number of benzene rings is 1. The smallest absolute Gasteiger partial charge is 0.341 e. The summed E-state index contributed by atoms with van der Waals surface area (Å²) in [6.45, 7) is 0.621. The molecule has 1 aromatic carbocycles. The van der Waals surface area contributed by atoms with Crippen molar-refractivity contribution in [2.24, 2.45) is 4.99 Å². The van der Waals surface area contributed by atoms with Crippen molar-refractivity contribution in [3.05, 3.63) is 47.2 Å². The minimum Gasteiger partial charge on any atom is -0.465 e. The predicted octanol–water partition coefficient (Wildman–Crippen LogP) is 2.08. The Balaban J connectivity index is 1.73. The number of nitrogens with zero attached hydrogens (tertiary/aromatic N) is 3. The average Bonchev–Trinajstić information content (AvgIpc) is 2.91. The number of esters is 1. The second kappa shape index (κ2) is 7.25. The number of rotatable bonds is 5. The van der Waals surface area contributed by atoms with Gasteiger partial charge in [0.15, 0.2) is 5.69 Å². The van der Waals surface area contributed by atoms with Gasteiger partial charge in [0.1, 0.15) is 18.2 Å². The Hall–Kier alpha value is -3.03. The van der Waals surface area contributed by atoms with Crippen molar-refractivity contribution in [2.75, 3.05) is 19.0 Å². The van der Waals surface area contributed by atoms with Gasteiger partial charge in [-0.25, -0.2) is 14.2 Å². The van der Waals surface area contributed by atoms with Gasteiger partial charge in [-0.15, -0.1) is 0 Å². The van der Waals surface area contributed by atoms with Crippen molar-refractivity contribution in [1.29, 1.82) is 0 Å². The topological polar surface area (TPSA) is 85.6 Å². The molecule has 0 radical (unpaired) electrons. The Kier molecular flexibility index (Phi) is 4.87. The average molecular weight is 344 g/mol. The van der Waals surface area contributed by atoms with Crippen LogP contribution in [0.25, 0.3) is 0 Å². The molecule has 25 heavy (non-hydrogen) atoms. The number of Topliss-reactive ketones (excluding diaryl/α,β-unsaturated/α-hetero) is 1. The molecule has 0 bridgehead atoms. The van der Waals surface area contributed by atoms with Gasteiger partial charge in [0.25, 0.3) is 0 Å². The van der Waals surface area contributed by atoms with Crippen molar-refractivity contribution in [3.63, 3.8) is 0 Å². The standard InChI is InChI=1S/C17H17FN4O3/c1-25-17(24)14-11(4-2-6-12(14)18)5-3-7-22-10-21-15-13(23)8-19-9-20-16(15)22/h2,4,6,9-10H,3,5,7-8H2,1H3,(H,19,20).